The van der Waals surface area contributed by atoms with Crippen LogP contribution in [0.2, 0.25) is 0 Å². The highest BCUT2D eigenvalue weighted by Crippen LogP contribution is 2.30. The number of nitrogens with one attached hydrogen (secondary N) is 1. The maximum absolute atomic E-state index is 5.72. The fourth-order valence-corrected chi connectivity index (χ4v) is 2.53. The second kappa shape index (κ2) is 4.63. The van der Waals surface area contributed by atoms with E-state index in [2.05, 4.69) is 39.4 Å². The van der Waals surface area contributed by atoms with Crippen LogP contribution in [0.25, 0.3) is 0 Å². The predicted molar refractivity (Wildman–Crippen MR) is 76.8 cm³/mol. The highest BCUT2D eigenvalue weighted by Gasteiger charge is 2.11. The van der Waals surface area contributed by atoms with Crippen LogP contribution in [0.5, 0.6) is 0 Å². The number of anilines is 3. The third kappa shape index (κ3) is 2.21. The van der Waals surface area contributed by atoms with E-state index in [9.17, 15) is 0 Å². The summed E-state index contributed by atoms with van der Waals surface area (Å²) in [5, 5.41) is 3.37. The van der Waals surface area contributed by atoms with Crippen LogP contribution in [-0.2, 0) is 18.0 Å². The lowest BCUT2D eigenvalue weighted by molar-refractivity contribution is 0.134. The minimum absolute atomic E-state index is 0.702. The van der Waals surface area contributed by atoms with Crippen LogP contribution >= 0.6 is 15.9 Å². The Labute approximate surface area is 114 Å². The van der Waals surface area contributed by atoms with Gasteiger partial charge in [0.15, 0.2) is 0 Å². The van der Waals surface area contributed by atoms with Crippen molar-refractivity contribution >= 4 is 33.0 Å². The summed E-state index contributed by atoms with van der Waals surface area (Å²) >= 11 is 3.50. The molecule has 0 saturated heterocycles. The molecule has 0 bridgehead atoms. The second-order valence-corrected chi connectivity index (χ2v) is 5.19. The summed E-state index contributed by atoms with van der Waals surface area (Å²) in [5.74, 6) is 0. The molecular formula is C14H13BrN2O. The quantitative estimate of drug-likeness (QED) is 0.830. The minimum atomic E-state index is 0.702. The van der Waals surface area contributed by atoms with Gasteiger partial charge in [0.2, 0.25) is 0 Å². The van der Waals surface area contributed by atoms with Crippen LogP contribution in [0.4, 0.5) is 17.1 Å². The fraction of sp³-hybridized carbons (Fsp3) is 0.143. The SMILES string of the molecule is Nc1ccc(Nc2ccc3c(c2)COC3)c(Br)c1. The molecule has 2 aromatic rings. The summed E-state index contributed by atoms with van der Waals surface area (Å²) in [6.07, 6.45) is 0. The number of halogens is 1. The summed E-state index contributed by atoms with van der Waals surface area (Å²) < 4.78 is 6.36. The van der Waals surface area contributed by atoms with E-state index in [1.54, 1.807) is 0 Å². The summed E-state index contributed by atoms with van der Waals surface area (Å²) in [5.41, 5.74) is 11.1. The van der Waals surface area contributed by atoms with Gasteiger partial charge in [0.05, 0.1) is 18.9 Å². The maximum Gasteiger partial charge on any atom is 0.0725 e. The third-order valence-electron chi connectivity index (χ3n) is 2.99. The Kier molecular flexibility index (Phi) is 2.97. The zero-order valence-electron chi connectivity index (χ0n) is 9.74. The Morgan fingerprint density at radius 3 is 2.72 bits per heavy atom. The Bertz CT molecular complexity index is 598. The fourth-order valence-electron chi connectivity index (χ4n) is 2.04. The van der Waals surface area contributed by atoms with Gasteiger partial charge in [0, 0.05) is 15.8 Å². The molecule has 3 rings (SSSR count). The van der Waals surface area contributed by atoms with E-state index in [-0.39, 0.29) is 0 Å². The van der Waals surface area contributed by atoms with E-state index in [4.69, 9.17) is 10.5 Å². The Hall–Kier alpha value is -1.52. The first kappa shape index (κ1) is 11.6. The molecule has 0 saturated carbocycles. The minimum Gasteiger partial charge on any atom is -0.399 e. The van der Waals surface area contributed by atoms with Crippen LogP contribution in [-0.4, -0.2) is 0 Å². The van der Waals surface area contributed by atoms with Crippen molar-refractivity contribution in [3.05, 3.63) is 52.0 Å². The lowest BCUT2D eigenvalue weighted by Crippen LogP contribution is -1.94. The van der Waals surface area contributed by atoms with E-state index in [1.807, 2.05) is 18.2 Å². The van der Waals surface area contributed by atoms with Gasteiger partial charge in [-0.1, -0.05) is 6.07 Å². The predicted octanol–water partition coefficient (Wildman–Crippen LogP) is 3.81. The standard InChI is InChI=1S/C14H13BrN2O/c15-13-6-11(16)2-4-14(13)17-12-3-1-9-7-18-8-10(9)5-12/h1-6,17H,7-8,16H2. The largest absolute Gasteiger partial charge is 0.399 e. The molecule has 4 heteroatoms. The van der Waals surface area contributed by atoms with Gasteiger partial charge in [-0.2, -0.15) is 0 Å². The van der Waals surface area contributed by atoms with E-state index in [1.165, 1.54) is 11.1 Å². The molecule has 18 heavy (non-hydrogen) atoms. The number of benzene rings is 2. The van der Waals surface area contributed by atoms with Crippen molar-refractivity contribution in [1.82, 2.24) is 0 Å². The van der Waals surface area contributed by atoms with E-state index in [0.29, 0.717) is 6.61 Å². The molecule has 0 unspecified atom stereocenters. The van der Waals surface area contributed by atoms with E-state index >= 15 is 0 Å². The van der Waals surface area contributed by atoms with E-state index in [0.717, 1.165) is 28.1 Å². The Morgan fingerprint density at radius 1 is 1.06 bits per heavy atom. The van der Waals surface area contributed by atoms with Crippen molar-refractivity contribution < 1.29 is 4.74 Å². The summed E-state index contributed by atoms with van der Waals surface area (Å²) in [6, 6.07) is 12.0. The van der Waals surface area contributed by atoms with Gasteiger partial charge in [-0.25, -0.2) is 0 Å². The molecule has 0 aromatic heterocycles. The van der Waals surface area contributed by atoms with Gasteiger partial charge >= 0.3 is 0 Å². The molecule has 0 spiro atoms. The molecule has 0 fully saturated rings. The zero-order valence-corrected chi connectivity index (χ0v) is 11.3. The van der Waals surface area contributed by atoms with Gasteiger partial charge in [-0.05, 0) is 57.4 Å². The van der Waals surface area contributed by atoms with Crippen molar-refractivity contribution in [2.75, 3.05) is 11.1 Å². The number of hydrogen-bond acceptors (Lipinski definition) is 3. The monoisotopic (exact) mass is 304 g/mol. The summed E-state index contributed by atoms with van der Waals surface area (Å²) in [7, 11) is 0. The average molecular weight is 305 g/mol. The first-order valence-corrected chi connectivity index (χ1v) is 6.53. The van der Waals surface area contributed by atoms with Crippen LogP contribution in [0.1, 0.15) is 11.1 Å². The number of ether oxygens (including phenoxy) is 1. The maximum atomic E-state index is 5.72. The lowest BCUT2D eigenvalue weighted by Gasteiger charge is -2.10. The number of nitrogen functional groups attached to an aromatic ring is 1. The van der Waals surface area contributed by atoms with Gasteiger partial charge in [0.1, 0.15) is 0 Å². The van der Waals surface area contributed by atoms with Gasteiger partial charge < -0.3 is 15.8 Å². The van der Waals surface area contributed by atoms with Crippen molar-refractivity contribution in [2.24, 2.45) is 0 Å². The van der Waals surface area contributed by atoms with E-state index < -0.39 is 0 Å². The van der Waals surface area contributed by atoms with Crippen LogP contribution in [0.15, 0.2) is 40.9 Å². The normalized spacial score (nSPS) is 13.4. The lowest BCUT2D eigenvalue weighted by atomic mass is 10.1. The molecule has 3 nitrogen and oxygen atoms in total. The van der Waals surface area contributed by atoms with Crippen LogP contribution < -0.4 is 11.1 Å². The molecule has 2 aromatic carbocycles. The smallest absolute Gasteiger partial charge is 0.0725 e. The van der Waals surface area contributed by atoms with Gasteiger partial charge in [0.25, 0.3) is 0 Å². The molecular weight excluding hydrogens is 292 g/mol. The van der Waals surface area contributed by atoms with Crippen molar-refractivity contribution in [2.45, 2.75) is 13.2 Å². The molecule has 1 aliphatic rings. The van der Waals surface area contributed by atoms with Crippen LogP contribution in [0, 0.1) is 0 Å². The van der Waals surface area contributed by atoms with Crippen LogP contribution in [0.3, 0.4) is 0 Å². The van der Waals surface area contributed by atoms with Crippen molar-refractivity contribution in [3.8, 4) is 0 Å². The Balaban J connectivity index is 1.88. The molecule has 3 N–H and O–H groups in total. The molecule has 0 amide bonds. The molecule has 1 aliphatic heterocycles. The molecule has 0 atom stereocenters. The molecule has 1 heterocycles. The number of fused-ring (bicyclic) bond motifs is 1. The average Bonchev–Trinajstić information content (AvgIpc) is 2.80. The van der Waals surface area contributed by atoms with Crippen molar-refractivity contribution in [3.63, 3.8) is 0 Å². The van der Waals surface area contributed by atoms with Crippen molar-refractivity contribution in [1.29, 1.82) is 0 Å². The second-order valence-electron chi connectivity index (χ2n) is 4.34. The van der Waals surface area contributed by atoms with Gasteiger partial charge in [-0.3, -0.25) is 0 Å². The number of rotatable bonds is 2. The highest BCUT2D eigenvalue weighted by atomic mass is 79.9. The first-order chi connectivity index (χ1) is 8.72. The molecule has 0 radical (unpaired) electrons. The zero-order chi connectivity index (χ0) is 12.5. The summed E-state index contributed by atoms with van der Waals surface area (Å²) in [6.45, 7) is 1.43. The number of hydrogen-bond donors (Lipinski definition) is 2. The Morgan fingerprint density at radius 2 is 1.89 bits per heavy atom. The molecule has 0 aliphatic carbocycles. The first-order valence-electron chi connectivity index (χ1n) is 5.74. The van der Waals surface area contributed by atoms with Gasteiger partial charge in [-0.15, -0.1) is 0 Å². The third-order valence-corrected chi connectivity index (χ3v) is 3.65. The topological polar surface area (TPSA) is 47.3 Å². The molecule has 92 valence electrons. The highest BCUT2D eigenvalue weighted by molar-refractivity contribution is 9.10. The number of nitrogens with two attached hydrogens (primary N) is 1. The summed E-state index contributed by atoms with van der Waals surface area (Å²) in [4.78, 5) is 0.